The van der Waals surface area contributed by atoms with Crippen molar-refractivity contribution in [2.75, 3.05) is 9.80 Å². The van der Waals surface area contributed by atoms with Crippen LogP contribution in [0.25, 0.3) is 86.6 Å². The average Bonchev–Trinajstić information content (AvgIpc) is 4.46. The van der Waals surface area contributed by atoms with Gasteiger partial charge in [-0.15, -0.1) is 22.7 Å². The Bertz CT molecular complexity index is 4220. The molecule has 13 aromatic rings. The highest BCUT2D eigenvalue weighted by Crippen LogP contribution is 2.54. The molecule has 0 atom stereocenters. The van der Waals surface area contributed by atoms with E-state index in [1.165, 1.54) is 69.1 Å². The van der Waals surface area contributed by atoms with Crippen LogP contribution in [0, 0.1) is 0 Å². The number of rotatable bonds is 6. The number of hydrogen-bond donors (Lipinski definition) is 0. The number of furan rings is 2. The Balaban J connectivity index is 1.05. The molecule has 2 aliphatic rings. The van der Waals surface area contributed by atoms with Gasteiger partial charge < -0.3 is 18.6 Å². The van der Waals surface area contributed by atoms with Crippen LogP contribution in [0.5, 0.6) is 0 Å². The summed E-state index contributed by atoms with van der Waals surface area (Å²) in [6.45, 7) is 14.0. The Morgan fingerprint density at radius 2 is 0.779 bits per heavy atom. The minimum absolute atomic E-state index is 0.0536. The minimum Gasteiger partial charge on any atom is -0.464 e. The van der Waals surface area contributed by atoms with Crippen molar-refractivity contribution in [2.24, 2.45) is 0 Å². The molecule has 9 aromatic carbocycles. The van der Waals surface area contributed by atoms with Gasteiger partial charge in [0, 0.05) is 53.8 Å². The van der Waals surface area contributed by atoms with Crippen LogP contribution in [-0.2, 0) is 10.8 Å². The summed E-state index contributed by atoms with van der Waals surface area (Å²) < 4.78 is 15.0. The summed E-state index contributed by atoms with van der Waals surface area (Å²) in [7, 11) is 0. The molecule has 0 saturated heterocycles. The van der Waals surface area contributed by atoms with Crippen molar-refractivity contribution < 1.29 is 8.83 Å². The number of anilines is 6. The van der Waals surface area contributed by atoms with Crippen molar-refractivity contribution in [3.8, 4) is 44.5 Å². The molecule has 7 heteroatoms. The first-order valence-electron chi connectivity index (χ1n) is 26.7. The quantitative estimate of drug-likeness (QED) is 0.155. The molecule has 370 valence electrons. The number of nitrogens with zero attached hydrogens (tertiary/aromatic N) is 2. The van der Waals surface area contributed by atoms with Gasteiger partial charge in [0.2, 0.25) is 0 Å². The number of para-hydroxylation sites is 2. The van der Waals surface area contributed by atoms with E-state index in [0.29, 0.717) is 0 Å². The van der Waals surface area contributed by atoms with Gasteiger partial charge in [0.25, 0.3) is 6.71 Å². The molecule has 77 heavy (non-hydrogen) atoms. The fraction of sp³-hybridized carbons (Fsp3) is 0.114. The van der Waals surface area contributed by atoms with Crippen LogP contribution in [0.3, 0.4) is 0 Å². The molecule has 0 radical (unpaired) electrons. The molecule has 0 saturated carbocycles. The number of hydrogen-bond acceptors (Lipinski definition) is 6. The van der Waals surface area contributed by atoms with Gasteiger partial charge in [0.15, 0.2) is 0 Å². The normalized spacial score (nSPS) is 13.2. The van der Waals surface area contributed by atoms with Gasteiger partial charge in [-0.3, -0.25) is 0 Å². The van der Waals surface area contributed by atoms with Crippen molar-refractivity contribution >= 4 is 121 Å². The number of benzene rings is 9. The third-order valence-electron chi connectivity index (χ3n) is 16.2. The molecule has 0 amide bonds. The highest BCUT2D eigenvalue weighted by molar-refractivity contribution is 7.29. The summed E-state index contributed by atoms with van der Waals surface area (Å²) in [5.41, 5.74) is 22.0. The highest BCUT2D eigenvalue weighted by Gasteiger charge is 2.48. The Labute approximate surface area is 457 Å². The van der Waals surface area contributed by atoms with Crippen LogP contribution in [0.4, 0.5) is 32.8 Å². The molecule has 4 aromatic heterocycles. The fourth-order valence-electron chi connectivity index (χ4n) is 12.3. The molecule has 6 heterocycles. The van der Waals surface area contributed by atoms with Crippen molar-refractivity contribution in [2.45, 2.75) is 52.4 Å². The van der Waals surface area contributed by atoms with E-state index in [9.17, 15) is 0 Å². The Kier molecular flexibility index (Phi) is 10.2. The van der Waals surface area contributed by atoms with Crippen molar-refractivity contribution in [3.05, 3.63) is 224 Å². The molecule has 0 fully saturated rings. The standard InChI is InChI=1S/C70H53BN2O2S2/c1-69(2,3)46-30-34-62-52(38-46)64-67(76-62)72(56-32-28-44(36-50(56)42-18-9-7-10-19-42)54-40-74-60-26-15-13-22-48(54)60)58-24-17-25-59-66(58)71(64)65-53-39-47(70(4,5)6)31-35-63(53)77-68(65)73(59)57-33-29-45(37-51(57)43-20-11-8-12-21-43)55-41-75-61-27-16-14-23-49(55)61/h7-41H,1-6H3. The molecular weight excluding hydrogens is 976 g/mol. The molecule has 0 unspecified atom stereocenters. The van der Waals surface area contributed by atoms with Crippen molar-refractivity contribution in [3.63, 3.8) is 0 Å². The second-order valence-corrected chi connectivity index (χ2v) is 24.9. The Morgan fingerprint density at radius 3 is 1.22 bits per heavy atom. The smallest absolute Gasteiger partial charge is 0.256 e. The Hall–Kier alpha value is -8.36. The molecule has 2 aliphatic heterocycles. The zero-order chi connectivity index (χ0) is 51.9. The monoisotopic (exact) mass is 1030 g/mol. The van der Waals surface area contributed by atoms with E-state index in [1.54, 1.807) is 0 Å². The third-order valence-corrected chi connectivity index (χ3v) is 18.5. The van der Waals surface area contributed by atoms with Crippen LogP contribution in [0.2, 0.25) is 0 Å². The van der Waals surface area contributed by atoms with Crippen LogP contribution in [-0.4, -0.2) is 6.71 Å². The number of fused-ring (bicyclic) bond motifs is 10. The molecule has 0 aliphatic carbocycles. The summed E-state index contributed by atoms with van der Waals surface area (Å²) in [5, 5.41) is 7.37. The van der Waals surface area contributed by atoms with Gasteiger partial charge in [0.1, 0.15) is 11.2 Å². The summed E-state index contributed by atoms with van der Waals surface area (Å²) in [5.74, 6) is 0. The lowest BCUT2D eigenvalue weighted by molar-refractivity contribution is 0.591. The predicted octanol–water partition coefficient (Wildman–Crippen LogP) is 19.0. The maximum absolute atomic E-state index is 6.19. The van der Waals surface area contributed by atoms with E-state index in [4.69, 9.17) is 8.83 Å². The first kappa shape index (κ1) is 46.0. The van der Waals surface area contributed by atoms with Gasteiger partial charge in [-0.25, -0.2) is 0 Å². The average molecular weight is 1030 g/mol. The minimum atomic E-state index is -0.0693. The van der Waals surface area contributed by atoms with E-state index in [-0.39, 0.29) is 17.5 Å². The summed E-state index contributed by atoms with van der Waals surface area (Å²) in [4.78, 5) is 5.24. The maximum Gasteiger partial charge on any atom is 0.256 e. The van der Waals surface area contributed by atoms with E-state index in [0.717, 1.165) is 77.8 Å². The van der Waals surface area contributed by atoms with Crippen LogP contribution in [0.15, 0.2) is 222 Å². The highest BCUT2D eigenvalue weighted by atomic mass is 32.1. The maximum atomic E-state index is 6.19. The lowest BCUT2D eigenvalue weighted by Crippen LogP contribution is -2.60. The summed E-state index contributed by atoms with van der Waals surface area (Å²) in [6.07, 6.45) is 3.83. The Morgan fingerprint density at radius 1 is 0.351 bits per heavy atom. The first-order chi connectivity index (χ1) is 37.5. The van der Waals surface area contributed by atoms with Gasteiger partial charge in [-0.2, -0.15) is 0 Å². The SMILES string of the molecule is CC(C)(C)c1ccc2sc3c(c2c1)B1c2c(cccc2N(c2ccc(-c4coc5ccccc45)cc2-c2ccccc2)c2sc4ccc(C(C)(C)C)cc4c21)N3c1ccc(-c2coc3ccccc23)cc1-c1ccccc1. The lowest BCUT2D eigenvalue weighted by atomic mass is 9.33. The summed E-state index contributed by atoms with van der Waals surface area (Å²) in [6, 6.07) is 74.3. The summed E-state index contributed by atoms with van der Waals surface area (Å²) >= 11 is 3.85. The molecule has 0 bridgehead atoms. The predicted molar refractivity (Wildman–Crippen MR) is 330 cm³/mol. The van der Waals surface area contributed by atoms with Crippen LogP contribution in [0.1, 0.15) is 52.7 Å². The van der Waals surface area contributed by atoms with Crippen molar-refractivity contribution in [1.82, 2.24) is 0 Å². The molecular formula is C70H53BN2O2S2. The number of thiophene rings is 2. The molecule has 0 spiro atoms. The second-order valence-electron chi connectivity index (χ2n) is 22.9. The lowest BCUT2D eigenvalue weighted by Gasteiger charge is -2.42. The van der Waals surface area contributed by atoms with E-state index < -0.39 is 0 Å². The molecule has 15 rings (SSSR count). The zero-order valence-corrected chi connectivity index (χ0v) is 45.4. The van der Waals surface area contributed by atoms with Gasteiger partial charge >= 0.3 is 0 Å². The topological polar surface area (TPSA) is 32.8 Å². The van der Waals surface area contributed by atoms with Crippen molar-refractivity contribution in [1.29, 1.82) is 0 Å². The fourth-order valence-corrected chi connectivity index (χ4v) is 14.8. The van der Waals surface area contributed by atoms with Gasteiger partial charge in [0.05, 0.1) is 33.9 Å². The molecule has 4 nitrogen and oxygen atoms in total. The van der Waals surface area contributed by atoms with E-state index >= 15 is 0 Å². The largest absolute Gasteiger partial charge is 0.464 e. The zero-order valence-electron chi connectivity index (χ0n) is 43.8. The first-order valence-corrected chi connectivity index (χ1v) is 28.3. The second kappa shape index (κ2) is 17.1. The molecule has 0 N–H and O–H groups in total. The third kappa shape index (κ3) is 7.17. The van der Waals surface area contributed by atoms with E-state index in [1.807, 2.05) is 47.3 Å². The van der Waals surface area contributed by atoms with Crippen LogP contribution >= 0.6 is 22.7 Å². The van der Waals surface area contributed by atoms with Gasteiger partial charge in [-0.1, -0.05) is 181 Å². The van der Waals surface area contributed by atoms with Gasteiger partial charge in [-0.05, 0) is 132 Å². The van der Waals surface area contributed by atoms with Crippen LogP contribution < -0.4 is 26.2 Å². The van der Waals surface area contributed by atoms with E-state index in [2.05, 4.69) is 239 Å².